The Kier molecular flexibility index (Phi) is 9.98. The Morgan fingerprint density at radius 2 is 1.67 bits per heavy atom. The van der Waals surface area contributed by atoms with E-state index in [1.54, 1.807) is 17.0 Å². The third-order valence-corrected chi connectivity index (χ3v) is 7.06. The van der Waals surface area contributed by atoms with Crippen molar-refractivity contribution in [3.8, 4) is 0 Å². The molecule has 3 aromatic rings. The zero-order valence-corrected chi connectivity index (χ0v) is 22.9. The van der Waals surface area contributed by atoms with Gasteiger partial charge in [0, 0.05) is 29.1 Å². The highest BCUT2D eigenvalue weighted by molar-refractivity contribution is 6.35. The van der Waals surface area contributed by atoms with Crippen molar-refractivity contribution in [2.45, 2.75) is 65.6 Å². The zero-order chi connectivity index (χ0) is 26.2. The Balaban J connectivity index is 2.03. The van der Waals surface area contributed by atoms with Crippen LogP contribution in [-0.2, 0) is 29.0 Å². The molecule has 1 N–H and O–H groups in total. The lowest BCUT2D eigenvalue weighted by atomic mass is 9.99. The van der Waals surface area contributed by atoms with E-state index in [1.165, 1.54) is 0 Å². The molecule has 3 rings (SSSR count). The number of aryl methyl sites for hydroxylation is 2. The number of rotatable bonds is 10. The number of amides is 2. The van der Waals surface area contributed by atoms with E-state index in [0.717, 1.165) is 34.2 Å². The molecule has 0 bridgehead atoms. The molecule has 0 fully saturated rings. The summed E-state index contributed by atoms with van der Waals surface area (Å²) in [5.41, 5.74) is 4.81. The van der Waals surface area contributed by atoms with Crippen LogP contribution in [-0.4, -0.2) is 28.8 Å². The van der Waals surface area contributed by atoms with Crippen LogP contribution in [0.15, 0.2) is 66.7 Å². The van der Waals surface area contributed by atoms with Crippen LogP contribution in [0.2, 0.25) is 10.0 Å². The molecule has 4 nitrogen and oxygen atoms in total. The number of nitrogens with zero attached hydrogens (tertiary/aromatic N) is 1. The number of hydrogen-bond donors (Lipinski definition) is 1. The van der Waals surface area contributed by atoms with Gasteiger partial charge in [-0.15, -0.1) is 0 Å². The van der Waals surface area contributed by atoms with Crippen LogP contribution in [0, 0.1) is 13.8 Å². The molecule has 6 heteroatoms. The number of halogens is 2. The highest BCUT2D eigenvalue weighted by Crippen LogP contribution is 2.25. The van der Waals surface area contributed by atoms with Crippen molar-refractivity contribution in [2.75, 3.05) is 0 Å². The van der Waals surface area contributed by atoms with Crippen molar-refractivity contribution >= 4 is 35.0 Å². The van der Waals surface area contributed by atoms with E-state index in [4.69, 9.17) is 23.2 Å². The minimum Gasteiger partial charge on any atom is -0.352 e. The standard InChI is InChI=1S/C30H34Cl2N2O2/c1-5-22(4)33-30(36)28(16-23-9-7-6-8-10-23)34(19-24-13-14-26(31)18-27(24)32)29(35)17-25-15-20(2)11-12-21(25)3/h6-15,18,22,28H,5,16-17,19H2,1-4H3,(H,33,36)/t22-,28-/m1/s1. The summed E-state index contributed by atoms with van der Waals surface area (Å²) < 4.78 is 0. The highest BCUT2D eigenvalue weighted by Gasteiger charge is 2.31. The van der Waals surface area contributed by atoms with Crippen molar-refractivity contribution in [1.82, 2.24) is 10.2 Å². The number of nitrogens with one attached hydrogen (secondary N) is 1. The summed E-state index contributed by atoms with van der Waals surface area (Å²) in [6, 6.07) is 20.4. The maximum absolute atomic E-state index is 13.9. The van der Waals surface area contributed by atoms with E-state index in [9.17, 15) is 9.59 Å². The third-order valence-electron chi connectivity index (χ3n) is 6.47. The van der Waals surface area contributed by atoms with Crippen LogP contribution < -0.4 is 5.32 Å². The van der Waals surface area contributed by atoms with Crippen LogP contribution in [0.3, 0.4) is 0 Å². The molecule has 0 aliphatic carbocycles. The van der Waals surface area contributed by atoms with Gasteiger partial charge in [-0.05, 0) is 61.6 Å². The van der Waals surface area contributed by atoms with Gasteiger partial charge in [0.1, 0.15) is 6.04 Å². The molecule has 0 aliphatic heterocycles. The predicted octanol–water partition coefficient (Wildman–Crippen LogP) is 6.71. The van der Waals surface area contributed by atoms with Crippen molar-refractivity contribution < 1.29 is 9.59 Å². The second-order valence-corrected chi connectivity index (χ2v) is 10.2. The first-order chi connectivity index (χ1) is 17.2. The average molecular weight is 526 g/mol. The first-order valence-electron chi connectivity index (χ1n) is 12.3. The van der Waals surface area contributed by atoms with Crippen molar-refractivity contribution in [3.63, 3.8) is 0 Å². The van der Waals surface area contributed by atoms with Gasteiger partial charge in [-0.1, -0.05) is 90.3 Å². The van der Waals surface area contributed by atoms with Crippen molar-refractivity contribution in [3.05, 3.63) is 105 Å². The number of carbonyl (C=O) groups excluding carboxylic acids is 2. The van der Waals surface area contributed by atoms with Crippen LogP contribution in [0.1, 0.15) is 48.1 Å². The van der Waals surface area contributed by atoms with E-state index in [0.29, 0.717) is 16.5 Å². The van der Waals surface area contributed by atoms with Gasteiger partial charge in [-0.3, -0.25) is 9.59 Å². The summed E-state index contributed by atoms with van der Waals surface area (Å²) in [5, 5.41) is 4.08. The second-order valence-electron chi connectivity index (χ2n) is 9.39. The van der Waals surface area contributed by atoms with Gasteiger partial charge < -0.3 is 10.2 Å². The average Bonchev–Trinajstić information content (AvgIpc) is 2.85. The third kappa shape index (κ3) is 7.59. The summed E-state index contributed by atoms with van der Waals surface area (Å²) in [6.07, 6.45) is 1.39. The molecule has 2 amide bonds. The lowest BCUT2D eigenvalue weighted by Crippen LogP contribution is -2.52. The fourth-order valence-corrected chi connectivity index (χ4v) is 4.55. The summed E-state index contributed by atoms with van der Waals surface area (Å²) >= 11 is 12.6. The fraction of sp³-hybridized carbons (Fsp3) is 0.333. The molecule has 0 spiro atoms. The van der Waals surface area contributed by atoms with Gasteiger partial charge in [0.05, 0.1) is 6.42 Å². The van der Waals surface area contributed by atoms with Gasteiger partial charge >= 0.3 is 0 Å². The second kappa shape index (κ2) is 12.9. The van der Waals surface area contributed by atoms with Crippen LogP contribution in [0.25, 0.3) is 0 Å². The lowest BCUT2D eigenvalue weighted by molar-refractivity contribution is -0.141. The van der Waals surface area contributed by atoms with Gasteiger partial charge in [-0.2, -0.15) is 0 Å². The largest absolute Gasteiger partial charge is 0.352 e. The molecule has 2 atom stereocenters. The summed E-state index contributed by atoms with van der Waals surface area (Å²) in [4.78, 5) is 29.2. The Morgan fingerprint density at radius 3 is 2.33 bits per heavy atom. The Hall–Kier alpha value is -2.82. The van der Waals surface area contributed by atoms with E-state index in [-0.39, 0.29) is 30.8 Å². The van der Waals surface area contributed by atoms with E-state index >= 15 is 0 Å². The Morgan fingerprint density at radius 1 is 0.944 bits per heavy atom. The zero-order valence-electron chi connectivity index (χ0n) is 21.4. The first-order valence-corrected chi connectivity index (χ1v) is 13.1. The SMILES string of the molecule is CC[C@@H](C)NC(=O)[C@@H](Cc1ccccc1)N(Cc1ccc(Cl)cc1Cl)C(=O)Cc1cc(C)ccc1C. The predicted molar refractivity (Wildman–Crippen MR) is 148 cm³/mol. The normalized spacial score (nSPS) is 12.6. The minimum absolute atomic E-state index is 0.00846. The first kappa shape index (κ1) is 27.8. The molecule has 190 valence electrons. The summed E-state index contributed by atoms with van der Waals surface area (Å²) in [7, 11) is 0. The smallest absolute Gasteiger partial charge is 0.243 e. The van der Waals surface area contributed by atoms with E-state index < -0.39 is 6.04 Å². The topological polar surface area (TPSA) is 49.4 Å². The highest BCUT2D eigenvalue weighted by atomic mass is 35.5. The minimum atomic E-state index is -0.703. The maximum Gasteiger partial charge on any atom is 0.243 e. The van der Waals surface area contributed by atoms with Crippen LogP contribution >= 0.6 is 23.2 Å². The number of hydrogen-bond acceptors (Lipinski definition) is 2. The lowest BCUT2D eigenvalue weighted by Gasteiger charge is -2.33. The molecular weight excluding hydrogens is 491 g/mol. The molecule has 0 radical (unpaired) electrons. The van der Waals surface area contributed by atoms with Gasteiger partial charge in [-0.25, -0.2) is 0 Å². The van der Waals surface area contributed by atoms with Gasteiger partial charge in [0.15, 0.2) is 0 Å². The molecule has 0 heterocycles. The molecule has 0 unspecified atom stereocenters. The van der Waals surface area contributed by atoms with Crippen LogP contribution in [0.5, 0.6) is 0 Å². The number of carbonyl (C=O) groups is 2. The molecule has 0 saturated carbocycles. The van der Waals surface area contributed by atoms with Gasteiger partial charge in [0.25, 0.3) is 0 Å². The summed E-state index contributed by atoms with van der Waals surface area (Å²) in [6.45, 7) is 8.20. The molecule has 3 aromatic carbocycles. The fourth-order valence-electron chi connectivity index (χ4n) is 4.08. The molecule has 0 aliphatic rings. The quantitative estimate of drug-likeness (QED) is 0.320. The summed E-state index contributed by atoms with van der Waals surface area (Å²) in [5.74, 6) is -0.303. The molecule has 36 heavy (non-hydrogen) atoms. The molecular formula is C30H34Cl2N2O2. The maximum atomic E-state index is 13.9. The van der Waals surface area contributed by atoms with Crippen molar-refractivity contribution in [2.24, 2.45) is 0 Å². The van der Waals surface area contributed by atoms with Crippen LogP contribution in [0.4, 0.5) is 0 Å². The molecule has 0 aromatic heterocycles. The Bertz CT molecular complexity index is 1200. The number of benzene rings is 3. The molecule has 0 saturated heterocycles. The van der Waals surface area contributed by atoms with E-state index in [2.05, 4.69) is 5.32 Å². The monoisotopic (exact) mass is 524 g/mol. The Labute approximate surface area is 224 Å². The van der Waals surface area contributed by atoms with Crippen molar-refractivity contribution in [1.29, 1.82) is 0 Å². The van der Waals surface area contributed by atoms with Gasteiger partial charge in [0.2, 0.25) is 11.8 Å². The van der Waals surface area contributed by atoms with E-state index in [1.807, 2.05) is 82.3 Å².